The number of methoxy groups -OCH3 is 1. The fraction of sp³-hybridized carbons (Fsp3) is 0.209. The Morgan fingerprint density at radius 2 is 0.846 bits per heavy atom. The quantitative estimate of drug-likeness (QED) is 0.0890. The molecule has 1 fully saturated rings. The smallest absolute Gasteiger partial charge is 0.311 e. The summed E-state index contributed by atoms with van der Waals surface area (Å²) in [7, 11) is 1.19. The van der Waals surface area contributed by atoms with Crippen LogP contribution in [0, 0.1) is 23.7 Å². The molecule has 1 saturated carbocycles. The van der Waals surface area contributed by atoms with Crippen LogP contribution in [0.2, 0.25) is 0 Å². The third kappa shape index (κ3) is 8.73. The molecule has 264 valence electrons. The summed E-state index contributed by atoms with van der Waals surface area (Å²) in [6, 6.07) is 44.3. The van der Waals surface area contributed by atoms with E-state index in [0.29, 0.717) is 11.5 Å². The minimum atomic E-state index is -1.29. The van der Waals surface area contributed by atoms with E-state index in [4.69, 9.17) is 18.9 Å². The Kier molecular flexibility index (Phi) is 11.7. The second-order valence-electron chi connectivity index (χ2n) is 12.6. The van der Waals surface area contributed by atoms with Crippen molar-refractivity contribution in [2.24, 2.45) is 23.7 Å². The average molecular weight is 698 g/mol. The fourth-order valence-electron chi connectivity index (χ4n) is 6.46. The molecule has 52 heavy (non-hydrogen) atoms. The van der Waals surface area contributed by atoms with Crippen LogP contribution in [-0.2, 0) is 59.7 Å². The third-order valence-electron chi connectivity index (χ3n) is 9.10. The van der Waals surface area contributed by atoms with Gasteiger partial charge >= 0.3 is 17.9 Å². The number of para-hydroxylation sites is 1. The highest BCUT2D eigenvalue weighted by Gasteiger charge is 2.65. The molecule has 9 nitrogen and oxygen atoms in total. The van der Waals surface area contributed by atoms with Gasteiger partial charge in [-0.3, -0.25) is 19.2 Å². The van der Waals surface area contributed by atoms with Crippen LogP contribution in [-0.4, -0.2) is 35.8 Å². The molecule has 0 unspecified atom stereocenters. The van der Waals surface area contributed by atoms with E-state index >= 15 is 0 Å². The highest BCUT2D eigenvalue weighted by Crippen LogP contribution is 2.50. The van der Waals surface area contributed by atoms with Crippen LogP contribution in [0.1, 0.15) is 22.3 Å². The first kappa shape index (κ1) is 35.6. The van der Waals surface area contributed by atoms with Gasteiger partial charge in [-0.05, 0) is 46.5 Å². The molecule has 0 aliphatic heterocycles. The van der Waals surface area contributed by atoms with Crippen molar-refractivity contribution in [2.45, 2.75) is 26.3 Å². The number of esters is 3. The molecule has 9 heteroatoms. The summed E-state index contributed by atoms with van der Waals surface area (Å²) in [5, 5.41) is 0. The van der Waals surface area contributed by atoms with Gasteiger partial charge in [0.15, 0.2) is 0 Å². The molecule has 1 amide bonds. The van der Waals surface area contributed by atoms with Crippen molar-refractivity contribution in [1.82, 2.24) is 4.90 Å². The molecule has 1 aliphatic rings. The lowest BCUT2D eigenvalue weighted by atomic mass is 9.55. The SMILES string of the molecule is COC(=O)[C@H]1[C@@H](C(=O)OCc2ccccc2)[C@H](C(=O)OCc2ccccc2)[C@@H]1C(=O)N(Cc1ccccc1)Cc1ccc(Oc2ccccc2)cc1. The number of benzene rings is 5. The number of carbonyl (C=O) groups is 4. The predicted molar refractivity (Wildman–Crippen MR) is 192 cm³/mol. The summed E-state index contributed by atoms with van der Waals surface area (Å²) in [6.45, 7) is 0.190. The van der Waals surface area contributed by atoms with Gasteiger partial charge in [0.25, 0.3) is 0 Å². The van der Waals surface area contributed by atoms with Gasteiger partial charge in [0.05, 0.1) is 30.8 Å². The van der Waals surface area contributed by atoms with E-state index in [9.17, 15) is 19.2 Å². The second kappa shape index (κ2) is 17.1. The van der Waals surface area contributed by atoms with Crippen molar-refractivity contribution in [1.29, 1.82) is 0 Å². The molecule has 0 N–H and O–H groups in total. The summed E-state index contributed by atoms with van der Waals surface area (Å²) in [6.07, 6.45) is 0. The van der Waals surface area contributed by atoms with Crippen LogP contribution in [0.4, 0.5) is 0 Å². The van der Waals surface area contributed by atoms with E-state index in [1.807, 2.05) is 121 Å². The Labute approximate surface area is 302 Å². The minimum absolute atomic E-state index is 0.0709. The van der Waals surface area contributed by atoms with E-state index in [1.54, 1.807) is 29.2 Å². The molecule has 0 aromatic heterocycles. The molecule has 6 rings (SSSR count). The highest BCUT2D eigenvalue weighted by atomic mass is 16.5. The maximum Gasteiger partial charge on any atom is 0.311 e. The first-order valence-corrected chi connectivity index (χ1v) is 17.0. The zero-order valence-electron chi connectivity index (χ0n) is 28.7. The Morgan fingerprint density at radius 1 is 0.462 bits per heavy atom. The van der Waals surface area contributed by atoms with Gasteiger partial charge in [0, 0.05) is 13.1 Å². The van der Waals surface area contributed by atoms with Crippen molar-refractivity contribution in [3.63, 3.8) is 0 Å². The number of hydrogen-bond donors (Lipinski definition) is 0. The van der Waals surface area contributed by atoms with E-state index in [1.165, 1.54) is 7.11 Å². The standard InChI is InChI=1S/C43H39NO8/c1-49-41(46)37-36(38(42(47)50-28-32-16-8-3-9-17-32)39(37)43(48)51-29-33-18-10-4-11-19-33)40(45)44(26-30-14-6-2-7-15-30)27-31-22-24-35(25-23-31)52-34-20-12-5-13-21-34/h2-25,36-39H,26-29H2,1H3/t36-,37-,38-,39-/m1/s1. The Bertz CT molecular complexity index is 1940. The van der Waals surface area contributed by atoms with E-state index in [0.717, 1.165) is 22.3 Å². The zero-order valence-corrected chi connectivity index (χ0v) is 28.7. The number of amides is 1. The summed E-state index contributed by atoms with van der Waals surface area (Å²) in [4.78, 5) is 57.4. The van der Waals surface area contributed by atoms with Gasteiger partial charge in [-0.2, -0.15) is 0 Å². The van der Waals surface area contributed by atoms with Crippen LogP contribution < -0.4 is 4.74 Å². The van der Waals surface area contributed by atoms with Gasteiger partial charge < -0.3 is 23.8 Å². The lowest BCUT2D eigenvalue weighted by Crippen LogP contribution is -2.62. The number of hydrogen-bond acceptors (Lipinski definition) is 8. The summed E-state index contributed by atoms with van der Waals surface area (Å²) in [5.41, 5.74) is 3.10. The van der Waals surface area contributed by atoms with Crippen LogP contribution in [0.3, 0.4) is 0 Å². The van der Waals surface area contributed by atoms with E-state index in [-0.39, 0.29) is 26.3 Å². The normalized spacial score (nSPS) is 17.6. The predicted octanol–water partition coefficient (Wildman–Crippen LogP) is 7.15. The monoisotopic (exact) mass is 697 g/mol. The minimum Gasteiger partial charge on any atom is -0.469 e. The fourth-order valence-corrected chi connectivity index (χ4v) is 6.46. The molecule has 0 bridgehead atoms. The number of carbonyl (C=O) groups excluding carboxylic acids is 4. The number of rotatable bonds is 14. The van der Waals surface area contributed by atoms with Gasteiger partial charge in [-0.1, -0.05) is 121 Å². The molecule has 0 radical (unpaired) electrons. The van der Waals surface area contributed by atoms with Gasteiger partial charge in [0.2, 0.25) is 5.91 Å². The summed E-state index contributed by atoms with van der Waals surface area (Å²) >= 11 is 0. The van der Waals surface area contributed by atoms with Gasteiger partial charge in [-0.25, -0.2) is 0 Å². The topological polar surface area (TPSA) is 108 Å². The van der Waals surface area contributed by atoms with Crippen LogP contribution in [0.5, 0.6) is 11.5 Å². The lowest BCUT2D eigenvalue weighted by Gasteiger charge is -2.47. The highest BCUT2D eigenvalue weighted by molar-refractivity contribution is 5.99. The molecule has 4 atom stereocenters. The van der Waals surface area contributed by atoms with E-state index < -0.39 is 47.5 Å². The Hall–Kier alpha value is -6.22. The molecule has 0 spiro atoms. The van der Waals surface area contributed by atoms with Crippen LogP contribution >= 0.6 is 0 Å². The van der Waals surface area contributed by atoms with Crippen molar-refractivity contribution >= 4 is 23.8 Å². The second-order valence-corrected chi connectivity index (χ2v) is 12.6. The van der Waals surface area contributed by atoms with Gasteiger partial charge in [0.1, 0.15) is 24.7 Å². The van der Waals surface area contributed by atoms with Crippen molar-refractivity contribution < 1.29 is 38.1 Å². The zero-order chi connectivity index (χ0) is 36.3. The largest absolute Gasteiger partial charge is 0.469 e. The molecule has 0 saturated heterocycles. The average Bonchev–Trinajstić information content (AvgIpc) is 3.18. The molecule has 5 aromatic rings. The van der Waals surface area contributed by atoms with Crippen molar-refractivity contribution in [2.75, 3.05) is 7.11 Å². The maximum absolute atomic E-state index is 14.7. The molecule has 1 aliphatic carbocycles. The number of nitrogens with zero attached hydrogens (tertiary/aromatic N) is 1. The van der Waals surface area contributed by atoms with E-state index in [2.05, 4.69) is 0 Å². The first-order chi connectivity index (χ1) is 25.4. The first-order valence-electron chi connectivity index (χ1n) is 17.0. The van der Waals surface area contributed by atoms with Crippen molar-refractivity contribution in [3.8, 4) is 11.5 Å². The van der Waals surface area contributed by atoms with Gasteiger partial charge in [-0.15, -0.1) is 0 Å². The molecule has 5 aromatic carbocycles. The number of ether oxygens (including phenoxy) is 4. The summed E-state index contributed by atoms with van der Waals surface area (Å²) < 4.78 is 22.4. The summed E-state index contributed by atoms with van der Waals surface area (Å²) in [5.74, 6) is -6.60. The lowest BCUT2D eigenvalue weighted by molar-refractivity contribution is -0.196. The molecule has 0 heterocycles. The molecular weight excluding hydrogens is 658 g/mol. The Morgan fingerprint density at radius 3 is 1.33 bits per heavy atom. The van der Waals surface area contributed by atoms with Crippen LogP contribution in [0.15, 0.2) is 146 Å². The van der Waals surface area contributed by atoms with Crippen LogP contribution in [0.25, 0.3) is 0 Å². The third-order valence-corrected chi connectivity index (χ3v) is 9.10. The molecular formula is C43H39NO8. The Balaban J connectivity index is 1.29. The van der Waals surface area contributed by atoms with Crippen molar-refractivity contribution in [3.05, 3.63) is 168 Å². The maximum atomic E-state index is 14.7.